The zero-order chi connectivity index (χ0) is 17.4. The summed E-state index contributed by atoms with van der Waals surface area (Å²) in [6, 6.07) is 14.2. The zero-order valence-electron chi connectivity index (χ0n) is 12.8. The average Bonchev–Trinajstić information content (AvgIpc) is 2.59. The fraction of sp³-hybridized carbons (Fsp3) is 0.222. The maximum absolute atomic E-state index is 11.7. The molecule has 2 rings (SSSR count). The highest BCUT2D eigenvalue weighted by Gasteiger charge is 2.08. The Morgan fingerprint density at radius 1 is 1.04 bits per heavy atom. The Morgan fingerprint density at radius 3 is 2.33 bits per heavy atom. The van der Waals surface area contributed by atoms with Crippen molar-refractivity contribution in [3.05, 3.63) is 63.6 Å². The Morgan fingerprint density at radius 2 is 1.71 bits per heavy atom. The van der Waals surface area contributed by atoms with Gasteiger partial charge in [-0.05, 0) is 36.2 Å². The van der Waals surface area contributed by atoms with Crippen LogP contribution in [0.3, 0.4) is 0 Å². The number of hydrogen-bond acceptors (Lipinski definition) is 4. The minimum atomic E-state index is -0.312. The topological polar surface area (TPSA) is 59.3 Å². The molecule has 0 N–H and O–H groups in total. The Labute approximate surface area is 150 Å². The minimum Gasteiger partial charge on any atom is -0.487 e. The molecule has 0 aromatic heterocycles. The second-order valence-electron chi connectivity index (χ2n) is 4.93. The first-order valence-electron chi connectivity index (χ1n) is 7.31. The highest BCUT2D eigenvalue weighted by Crippen LogP contribution is 2.32. The van der Waals surface area contributed by atoms with E-state index in [-0.39, 0.29) is 25.6 Å². The maximum Gasteiger partial charge on any atom is 0.306 e. The van der Waals surface area contributed by atoms with E-state index < -0.39 is 0 Å². The minimum absolute atomic E-state index is 0.119. The van der Waals surface area contributed by atoms with Crippen molar-refractivity contribution in [1.29, 1.82) is 5.26 Å². The van der Waals surface area contributed by atoms with Gasteiger partial charge in [0.2, 0.25) is 0 Å². The van der Waals surface area contributed by atoms with Crippen molar-refractivity contribution in [3.8, 4) is 11.8 Å². The molecule has 0 radical (unpaired) electrons. The van der Waals surface area contributed by atoms with Crippen molar-refractivity contribution in [2.24, 2.45) is 0 Å². The summed E-state index contributed by atoms with van der Waals surface area (Å²) in [5.41, 5.74) is 1.57. The normalized spacial score (nSPS) is 10.0. The number of esters is 1. The molecule has 6 heteroatoms. The van der Waals surface area contributed by atoms with Crippen molar-refractivity contribution in [3.63, 3.8) is 0 Å². The van der Waals surface area contributed by atoms with E-state index in [1.807, 2.05) is 12.1 Å². The van der Waals surface area contributed by atoms with E-state index in [0.717, 1.165) is 5.56 Å². The lowest BCUT2D eigenvalue weighted by molar-refractivity contribution is -0.144. The number of halogens is 2. The van der Waals surface area contributed by atoms with E-state index in [1.54, 1.807) is 30.3 Å². The van der Waals surface area contributed by atoms with Gasteiger partial charge in [-0.15, -0.1) is 0 Å². The van der Waals surface area contributed by atoms with Crippen molar-refractivity contribution < 1.29 is 14.3 Å². The van der Waals surface area contributed by atoms with Gasteiger partial charge in [0.15, 0.2) is 5.75 Å². The summed E-state index contributed by atoms with van der Waals surface area (Å²) in [4.78, 5) is 11.7. The molecule has 0 heterocycles. The molecule has 0 amide bonds. The van der Waals surface area contributed by atoms with E-state index in [0.29, 0.717) is 27.8 Å². The molecular weight excluding hydrogens is 349 g/mol. The number of benzene rings is 2. The van der Waals surface area contributed by atoms with Crippen LogP contribution in [-0.2, 0) is 16.0 Å². The Hall–Kier alpha value is -2.22. The molecule has 0 saturated heterocycles. The highest BCUT2D eigenvalue weighted by molar-refractivity contribution is 6.37. The number of nitriles is 1. The maximum atomic E-state index is 11.7. The summed E-state index contributed by atoms with van der Waals surface area (Å²) in [5.74, 6) is 0.0719. The van der Waals surface area contributed by atoms with E-state index in [1.165, 1.54) is 0 Å². The third-order valence-electron chi connectivity index (χ3n) is 3.21. The van der Waals surface area contributed by atoms with Gasteiger partial charge in [0.25, 0.3) is 0 Å². The fourth-order valence-electron chi connectivity index (χ4n) is 1.98. The Balaban J connectivity index is 1.69. The Bertz CT molecular complexity index is 719. The summed E-state index contributed by atoms with van der Waals surface area (Å²) in [5, 5.41) is 9.55. The molecule has 24 heavy (non-hydrogen) atoms. The average molecular weight is 364 g/mol. The number of aryl methyl sites for hydroxylation is 1. The van der Waals surface area contributed by atoms with E-state index in [9.17, 15) is 4.79 Å². The predicted molar refractivity (Wildman–Crippen MR) is 92.4 cm³/mol. The molecule has 0 saturated carbocycles. The first-order chi connectivity index (χ1) is 11.6. The summed E-state index contributed by atoms with van der Waals surface area (Å²) in [7, 11) is 0. The van der Waals surface area contributed by atoms with Gasteiger partial charge in [-0.1, -0.05) is 41.4 Å². The third-order valence-corrected chi connectivity index (χ3v) is 3.81. The van der Waals surface area contributed by atoms with Crippen LogP contribution in [0.25, 0.3) is 0 Å². The highest BCUT2D eigenvalue weighted by atomic mass is 35.5. The first-order valence-corrected chi connectivity index (χ1v) is 8.07. The van der Waals surface area contributed by atoms with E-state index >= 15 is 0 Å². The number of ether oxygens (including phenoxy) is 2. The van der Waals surface area contributed by atoms with Crippen LogP contribution in [-0.4, -0.2) is 19.2 Å². The van der Waals surface area contributed by atoms with E-state index in [4.69, 9.17) is 37.9 Å². The SMILES string of the molecule is N#Cc1ccc(CCC(=O)OCCOc2c(Cl)cccc2Cl)cc1. The van der Waals surface area contributed by atoms with E-state index in [2.05, 4.69) is 6.07 Å². The zero-order valence-corrected chi connectivity index (χ0v) is 14.3. The van der Waals surface area contributed by atoms with Crippen LogP contribution in [0.1, 0.15) is 17.5 Å². The van der Waals surface area contributed by atoms with Crippen molar-refractivity contribution in [2.45, 2.75) is 12.8 Å². The first kappa shape index (κ1) is 18.1. The molecule has 0 unspecified atom stereocenters. The summed E-state index contributed by atoms with van der Waals surface area (Å²) >= 11 is 11.9. The van der Waals surface area contributed by atoms with Crippen LogP contribution in [0.15, 0.2) is 42.5 Å². The number of carbonyl (C=O) groups is 1. The number of hydrogen-bond donors (Lipinski definition) is 0. The number of carbonyl (C=O) groups excluding carboxylic acids is 1. The molecule has 2 aromatic carbocycles. The van der Waals surface area contributed by atoms with Gasteiger partial charge < -0.3 is 9.47 Å². The molecule has 0 aliphatic rings. The molecule has 0 bridgehead atoms. The second-order valence-corrected chi connectivity index (χ2v) is 5.74. The number of para-hydroxylation sites is 1. The molecule has 4 nitrogen and oxygen atoms in total. The van der Waals surface area contributed by atoms with Gasteiger partial charge in [0, 0.05) is 6.42 Å². The van der Waals surface area contributed by atoms with Crippen LogP contribution in [0.2, 0.25) is 10.0 Å². The molecule has 0 atom stereocenters. The van der Waals surface area contributed by atoms with Gasteiger partial charge in [-0.2, -0.15) is 5.26 Å². The summed E-state index contributed by atoms with van der Waals surface area (Å²) in [6.45, 7) is 0.291. The van der Waals surface area contributed by atoms with Gasteiger partial charge in [0.05, 0.1) is 21.7 Å². The van der Waals surface area contributed by atoms with Crippen LogP contribution in [0.5, 0.6) is 5.75 Å². The van der Waals surface area contributed by atoms with Crippen LogP contribution >= 0.6 is 23.2 Å². The summed E-state index contributed by atoms with van der Waals surface area (Å²) in [6.07, 6.45) is 0.820. The van der Waals surface area contributed by atoms with Crippen molar-refractivity contribution >= 4 is 29.2 Å². The van der Waals surface area contributed by atoms with Gasteiger partial charge >= 0.3 is 5.97 Å². The Kier molecular flexibility index (Phi) is 6.92. The number of nitrogens with zero attached hydrogens (tertiary/aromatic N) is 1. The molecular formula is C18H15Cl2NO3. The lowest BCUT2D eigenvalue weighted by Crippen LogP contribution is -2.13. The second kappa shape index (κ2) is 9.17. The molecule has 0 fully saturated rings. The quantitative estimate of drug-likeness (QED) is 0.539. The smallest absolute Gasteiger partial charge is 0.306 e. The fourth-order valence-corrected chi connectivity index (χ4v) is 2.49. The largest absolute Gasteiger partial charge is 0.487 e. The molecule has 0 aliphatic carbocycles. The van der Waals surface area contributed by atoms with Crippen LogP contribution in [0.4, 0.5) is 0 Å². The molecule has 2 aromatic rings. The lowest BCUT2D eigenvalue weighted by Gasteiger charge is -2.10. The van der Waals surface area contributed by atoms with Crippen LogP contribution in [0, 0.1) is 11.3 Å². The van der Waals surface area contributed by atoms with Gasteiger partial charge in [0.1, 0.15) is 13.2 Å². The van der Waals surface area contributed by atoms with Crippen LogP contribution < -0.4 is 4.74 Å². The van der Waals surface area contributed by atoms with Crippen molar-refractivity contribution in [1.82, 2.24) is 0 Å². The van der Waals surface area contributed by atoms with Gasteiger partial charge in [-0.3, -0.25) is 4.79 Å². The molecule has 0 aliphatic heterocycles. The number of rotatable bonds is 7. The third kappa shape index (κ3) is 5.45. The predicted octanol–water partition coefficient (Wildman–Crippen LogP) is 4.42. The summed E-state index contributed by atoms with van der Waals surface area (Å²) < 4.78 is 10.5. The van der Waals surface area contributed by atoms with Gasteiger partial charge in [-0.25, -0.2) is 0 Å². The monoisotopic (exact) mass is 363 g/mol. The van der Waals surface area contributed by atoms with Crippen molar-refractivity contribution in [2.75, 3.05) is 13.2 Å². The molecule has 124 valence electrons. The standard InChI is InChI=1S/C18H15Cl2NO3/c19-15-2-1-3-16(20)18(15)24-11-10-23-17(22)9-8-13-4-6-14(12-21)7-5-13/h1-7H,8-11H2. The molecule has 0 spiro atoms. The lowest BCUT2D eigenvalue weighted by atomic mass is 10.1.